The molecule has 0 bridgehead atoms. The van der Waals surface area contributed by atoms with Crippen LogP contribution in [0.25, 0.3) is 94.7 Å². The smallest absolute Gasteiger partial charge is 0.164 e. The zero-order valence-corrected chi connectivity index (χ0v) is 29.2. The Morgan fingerprint density at radius 3 is 1.96 bits per heavy atom. The molecule has 10 aromatic rings. The molecule has 11 rings (SSSR count). The van der Waals surface area contributed by atoms with Gasteiger partial charge in [-0.2, -0.15) is 0 Å². The lowest BCUT2D eigenvalue weighted by molar-refractivity contribution is 0.660. The van der Waals surface area contributed by atoms with Crippen molar-refractivity contribution < 1.29 is 4.42 Å². The van der Waals surface area contributed by atoms with Crippen molar-refractivity contribution in [2.75, 3.05) is 0 Å². The van der Waals surface area contributed by atoms with Crippen LogP contribution in [0.15, 0.2) is 162 Å². The molecule has 0 amide bonds. The SMILES string of the molecule is CC1(C)c2ccccc2-c2ccc(-c3nc(-c4ccccc4)nc(-c4cccc(-n5c6ccccc6c6ccc7c8ccccc8oc7c65)c4)n3)cc21. The normalized spacial score (nSPS) is 13.2. The third kappa shape index (κ3) is 4.40. The van der Waals surface area contributed by atoms with Gasteiger partial charge < -0.3 is 8.98 Å². The average molecular weight is 681 g/mol. The van der Waals surface area contributed by atoms with Gasteiger partial charge in [-0.1, -0.05) is 135 Å². The summed E-state index contributed by atoms with van der Waals surface area (Å²) in [5.74, 6) is 1.91. The summed E-state index contributed by atoms with van der Waals surface area (Å²) in [4.78, 5) is 15.4. The van der Waals surface area contributed by atoms with Gasteiger partial charge >= 0.3 is 0 Å². The van der Waals surface area contributed by atoms with Crippen molar-refractivity contribution in [2.45, 2.75) is 19.3 Å². The van der Waals surface area contributed by atoms with Crippen molar-refractivity contribution >= 4 is 43.7 Å². The summed E-state index contributed by atoms with van der Waals surface area (Å²) in [7, 11) is 0. The summed E-state index contributed by atoms with van der Waals surface area (Å²) in [5, 5.41) is 4.53. The molecule has 0 unspecified atom stereocenters. The second-order valence-electron chi connectivity index (χ2n) is 14.4. The van der Waals surface area contributed by atoms with E-state index in [1.807, 2.05) is 30.3 Å². The number of nitrogens with zero attached hydrogens (tertiary/aromatic N) is 4. The van der Waals surface area contributed by atoms with Crippen LogP contribution in [0.3, 0.4) is 0 Å². The Bertz CT molecular complexity index is 3100. The van der Waals surface area contributed by atoms with E-state index < -0.39 is 0 Å². The van der Waals surface area contributed by atoms with Gasteiger partial charge in [0.15, 0.2) is 23.1 Å². The van der Waals surface area contributed by atoms with Gasteiger partial charge in [-0.05, 0) is 58.7 Å². The lowest BCUT2D eigenvalue weighted by atomic mass is 9.82. The van der Waals surface area contributed by atoms with Crippen LogP contribution in [-0.2, 0) is 5.41 Å². The molecule has 1 aliphatic rings. The van der Waals surface area contributed by atoms with Gasteiger partial charge in [0.25, 0.3) is 0 Å². The van der Waals surface area contributed by atoms with Gasteiger partial charge in [0, 0.05) is 49.3 Å². The van der Waals surface area contributed by atoms with Gasteiger partial charge in [-0.25, -0.2) is 15.0 Å². The van der Waals surface area contributed by atoms with Gasteiger partial charge in [0.2, 0.25) is 0 Å². The van der Waals surface area contributed by atoms with Crippen molar-refractivity contribution in [1.82, 2.24) is 19.5 Å². The standard InChI is InChI=1S/C48H32N4O/c1-48(2)39-20-9-6-17-33(39)34-24-23-31(28-40(34)48)47-50-45(29-13-4-3-5-14-29)49-46(51-47)30-15-12-16-32(27-30)52-41-21-10-7-18-35(41)37-25-26-38-36-19-8-11-22-42(36)53-44(38)43(37)52/h3-28H,1-2H3. The van der Waals surface area contributed by atoms with Crippen molar-refractivity contribution in [1.29, 1.82) is 0 Å². The Hall–Kier alpha value is -6.85. The monoisotopic (exact) mass is 680 g/mol. The van der Waals surface area contributed by atoms with Crippen molar-refractivity contribution in [3.63, 3.8) is 0 Å². The molecule has 0 spiro atoms. The first-order chi connectivity index (χ1) is 26.0. The van der Waals surface area contributed by atoms with Gasteiger partial charge in [-0.15, -0.1) is 0 Å². The fraction of sp³-hybridized carbons (Fsp3) is 0.0625. The summed E-state index contributed by atoms with van der Waals surface area (Å²) in [6, 6.07) is 55.3. The van der Waals surface area contributed by atoms with Crippen LogP contribution in [-0.4, -0.2) is 19.5 Å². The molecule has 0 aliphatic heterocycles. The number of hydrogen-bond acceptors (Lipinski definition) is 4. The predicted octanol–water partition coefficient (Wildman–Crippen LogP) is 12.2. The minimum absolute atomic E-state index is 0.137. The van der Waals surface area contributed by atoms with Gasteiger partial charge in [-0.3, -0.25) is 0 Å². The average Bonchev–Trinajstić information content (AvgIpc) is 3.84. The molecule has 0 fully saturated rings. The molecule has 3 heterocycles. The Morgan fingerprint density at radius 2 is 1.11 bits per heavy atom. The highest BCUT2D eigenvalue weighted by Crippen LogP contribution is 2.49. The largest absolute Gasteiger partial charge is 0.454 e. The van der Waals surface area contributed by atoms with E-state index >= 15 is 0 Å². The third-order valence-electron chi connectivity index (χ3n) is 11.1. The molecule has 0 N–H and O–H groups in total. The maximum absolute atomic E-state index is 6.61. The molecule has 7 aromatic carbocycles. The zero-order valence-electron chi connectivity index (χ0n) is 29.2. The first-order valence-electron chi connectivity index (χ1n) is 18.0. The summed E-state index contributed by atoms with van der Waals surface area (Å²) in [6.45, 7) is 4.60. The van der Waals surface area contributed by atoms with Crippen molar-refractivity contribution in [2.24, 2.45) is 0 Å². The van der Waals surface area contributed by atoms with E-state index in [0.717, 1.165) is 60.7 Å². The Kier molecular flexibility index (Phi) is 6.23. The highest BCUT2D eigenvalue weighted by Gasteiger charge is 2.35. The molecule has 0 atom stereocenters. The number of rotatable bonds is 4. The molecule has 53 heavy (non-hydrogen) atoms. The minimum atomic E-state index is -0.137. The van der Waals surface area contributed by atoms with E-state index in [0.29, 0.717) is 17.5 Å². The van der Waals surface area contributed by atoms with E-state index in [-0.39, 0.29) is 5.41 Å². The van der Waals surface area contributed by atoms with E-state index in [2.05, 4.69) is 146 Å². The van der Waals surface area contributed by atoms with Crippen LogP contribution in [0, 0.1) is 0 Å². The third-order valence-corrected chi connectivity index (χ3v) is 11.1. The number of fused-ring (bicyclic) bond motifs is 10. The van der Waals surface area contributed by atoms with Crippen LogP contribution >= 0.6 is 0 Å². The van der Waals surface area contributed by atoms with E-state index in [1.165, 1.54) is 27.6 Å². The van der Waals surface area contributed by atoms with Crippen molar-refractivity contribution in [3.05, 3.63) is 169 Å². The lowest BCUT2D eigenvalue weighted by Crippen LogP contribution is -2.15. The molecule has 0 saturated carbocycles. The van der Waals surface area contributed by atoms with Crippen LogP contribution in [0.4, 0.5) is 0 Å². The first kappa shape index (κ1) is 29.8. The Morgan fingerprint density at radius 1 is 0.472 bits per heavy atom. The summed E-state index contributed by atoms with van der Waals surface area (Å²) < 4.78 is 8.93. The van der Waals surface area contributed by atoms with E-state index in [4.69, 9.17) is 19.4 Å². The minimum Gasteiger partial charge on any atom is -0.454 e. The number of benzene rings is 7. The number of aromatic nitrogens is 4. The molecule has 5 heteroatoms. The summed E-state index contributed by atoms with van der Waals surface area (Å²) >= 11 is 0. The Balaban J connectivity index is 1.12. The fourth-order valence-corrected chi connectivity index (χ4v) is 8.48. The molecule has 0 saturated heterocycles. The highest BCUT2D eigenvalue weighted by molar-refractivity contribution is 6.21. The molecule has 250 valence electrons. The maximum atomic E-state index is 6.61. The number of hydrogen-bond donors (Lipinski definition) is 0. The molecule has 3 aromatic heterocycles. The number of furan rings is 1. The summed E-state index contributed by atoms with van der Waals surface area (Å²) in [6.07, 6.45) is 0. The fourth-order valence-electron chi connectivity index (χ4n) is 8.48. The van der Waals surface area contributed by atoms with E-state index in [9.17, 15) is 0 Å². The highest BCUT2D eigenvalue weighted by atomic mass is 16.3. The molecule has 5 nitrogen and oxygen atoms in total. The van der Waals surface area contributed by atoms with Crippen LogP contribution < -0.4 is 0 Å². The van der Waals surface area contributed by atoms with Crippen LogP contribution in [0.2, 0.25) is 0 Å². The van der Waals surface area contributed by atoms with Gasteiger partial charge in [0.1, 0.15) is 5.58 Å². The van der Waals surface area contributed by atoms with E-state index in [1.54, 1.807) is 0 Å². The lowest BCUT2D eigenvalue weighted by Gasteiger charge is -2.21. The maximum Gasteiger partial charge on any atom is 0.164 e. The predicted molar refractivity (Wildman–Crippen MR) is 215 cm³/mol. The molecule has 0 radical (unpaired) electrons. The number of para-hydroxylation sites is 2. The topological polar surface area (TPSA) is 56.7 Å². The van der Waals surface area contributed by atoms with Gasteiger partial charge in [0.05, 0.1) is 11.0 Å². The van der Waals surface area contributed by atoms with Crippen molar-refractivity contribution in [3.8, 4) is 51.0 Å². The second kappa shape index (κ2) is 11.1. The molecular formula is C48H32N4O. The zero-order chi connectivity index (χ0) is 35.3. The first-order valence-corrected chi connectivity index (χ1v) is 18.0. The quantitative estimate of drug-likeness (QED) is 0.186. The molecular weight excluding hydrogens is 649 g/mol. The second-order valence-corrected chi connectivity index (χ2v) is 14.4. The van der Waals surface area contributed by atoms with Crippen LogP contribution in [0.5, 0.6) is 0 Å². The molecule has 1 aliphatic carbocycles. The Labute approximate surface area is 305 Å². The summed E-state index contributed by atoms with van der Waals surface area (Å²) in [5.41, 5.74) is 12.8. The van der Waals surface area contributed by atoms with Crippen LogP contribution in [0.1, 0.15) is 25.0 Å².